The standard InChI is InChI=1S/C19H20N2/c1-13-7-8-16(11-14(13)2)19-12-15(9-10-20)17-5-3-4-6-18(17)21-19/h3-8,11-12H,9-10,20H2,1-2H3. The van der Waals surface area contributed by atoms with Crippen molar-refractivity contribution in [1.29, 1.82) is 0 Å². The second kappa shape index (κ2) is 5.66. The minimum Gasteiger partial charge on any atom is -0.330 e. The van der Waals surface area contributed by atoms with Crippen LogP contribution in [0.3, 0.4) is 0 Å². The van der Waals surface area contributed by atoms with Crippen LogP contribution in [0, 0.1) is 13.8 Å². The molecule has 0 saturated carbocycles. The number of hydrogen-bond donors (Lipinski definition) is 1. The van der Waals surface area contributed by atoms with Crippen molar-refractivity contribution in [2.45, 2.75) is 20.3 Å². The lowest BCUT2D eigenvalue weighted by atomic mass is 10.00. The molecule has 1 heterocycles. The molecule has 1 aromatic heterocycles. The smallest absolute Gasteiger partial charge is 0.0712 e. The molecule has 0 atom stereocenters. The minimum absolute atomic E-state index is 0.653. The van der Waals surface area contributed by atoms with Gasteiger partial charge in [-0.1, -0.05) is 30.3 Å². The molecule has 2 aromatic carbocycles. The Morgan fingerprint density at radius 2 is 1.76 bits per heavy atom. The molecule has 0 unspecified atom stereocenters. The van der Waals surface area contributed by atoms with Gasteiger partial charge in [-0.05, 0) is 61.7 Å². The average molecular weight is 276 g/mol. The van der Waals surface area contributed by atoms with Crippen molar-refractivity contribution in [2.24, 2.45) is 5.73 Å². The van der Waals surface area contributed by atoms with Crippen LogP contribution in [0.15, 0.2) is 48.5 Å². The van der Waals surface area contributed by atoms with Gasteiger partial charge >= 0.3 is 0 Å². The highest BCUT2D eigenvalue weighted by Gasteiger charge is 2.07. The molecular formula is C19H20N2. The van der Waals surface area contributed by atoms with Gasteiger partial charge in [-0.15, -0.1) is 0 Å². The first kappa shape index (κ1) is 13.8. The van der Waals surface area contributed by atoms with Crippen LogP contribution in [0.5, 0.6) is 0 Å². The van der Waals surface area contributed by atoms with E-state index in [1.807, 2.05) is 6.07 Å². The van der Waals surface area contributed by atoms with Crippen molar-refractivity contribution in [3.63, 3.8) is 0 Å². The summed E-state index contributed by atoms with van der Waals surface area (Å²) in [5.41, 5.74) is 12.9. The Kier molecular flexibility index (Phi) is 3.72. The highest BCUT2D eigenvalue weighted by Crippen LogP contribution is 2.26. The van der Waals surface area contributed by atoms with E-state index in [4.69, 9.17) is 10.7 Å². The van der Waals surface area contributed by atoms with Gasteiger partial charge in [0.2, 0.25) is 0 Å². The number of aromatic nitrogens is 1. The van der Waals surface area contributed by atoms with Gasteiger partial charge in [-0.3, -0.25) is 0 Å². The average Bonchev–Trinajstić information content (AvgIpc) is 2.50. The van der Waals surface area contributed by atoms with Crippen molar-refractivity contribution in [1.82, 2.24) is 4.98 Å². The molecule has 0 radical (unpaired) electrons. The molecular weight excluding hydrogens is 256 g/mol. The van der Waals surface area contributed by atoms with E-state index in [-0.39, 0.29) is 0 Å². The topological polar surface area (TPSA) is 38.9 Å². The Labute approximate surface area is 125 Å². The fraction of sp³-hybridized carbons (Fsp3) is 0.211. The number of para-hydroxylation sites is 1. The largest absolute Gasteiger partial charge is 0.330 e. The SMILES string of the molecule is Cc1ccc(-c2cc(CCN)c3ccccc3n2)cc1C. The van der Waals surface area contributed by atoms with Crippen molar-refractivity contribution >= 4 is 10.9 Å². The zero-order valence-corrected chi connectivity index (χ0v) is 12.6. The normalized spacial score (nSPS) is 11.0. The summed E-state index contributed by atoms with van der Waals surface area (Å²) in [6.45, 7) is 4.92. The number of aryl methyl sites for hydroxylation is 2. The predicted octanol–water partition coefficient (Wildman–Crippen LogP) is 4.02. The van der Waals surface area contributed by atoms with Gasteiger partial charge in [-0.25, -0.2) is 4.98 Å². The maximum Gasteiger partial charge on any atom is 0.0712 e. The second-order valence-electron chi connectivity index (χ2n) is 5.52. The monoisotopic (exact) mass is 276 g/mol. The molecule has 0 spiro atoms. The van der Waals surface area contributed by atoms with Gasteiger partial charge in [0.05, 0.1) is 11.2 Å². The Morgan fingerprint density at radius 3 is 2.52 bits per heavy atom. The maximum absolute atomic E-state index is 5.76. The Hall–Kier alpha value is -2.19. The van der Waals surface area contributed by atoms with Gasteiger partial charge in [0.25, 0.3) is 0 Å². The lowest BCUT2D eigenvalue weighted by Gasteiger charge is -2.10. The molecule has 0 saturated heterocycles. The molecule has 2 nitrogen and oxygen atoms in total. The summed E-state index contributed by atoms with van der Waals surface area (Å²) >= 11 is 0. The van der Waals surface area contributed by atoms with E-state index in [1.165, 1.54) is 27.6 Å². The second-order valence-corrected chi connectivity index (χ2v) is 5.52. The number of hydrogen-bond acceptors (Lipinski definition) is 2. The number of nitrogens with zero attached hydrogens (tertiary/aromatic N) is 1. The molecule has 0 fully saturated rings. The molecule has 21 heavy (non-hydrogen) atoms. The summed E-state index contributed by atoms with van der Waals surface area (Å²) in [7, 11) is 0. The van der Waals surface area contributed by atoms with Crippen LogP contribution >= 0.6 is 0 Å². The predicted molar refractivity (Wildman–Crippen MR) is 89.4 cm³/mol. The van der Waals surface area contributed by atoms with Gasteiger partial charge in [0.1, 0.15) is 0 Å². The summed E-state index contributed by atoms with van der Waals surface area (Å²) in [5, 5.41) is 1.20. The van der Waals surface area contributed by atoms with Gasteiger partial charge in [-0.2, -0.15) is 0 Å². The molecule has 106 valence electrons. The number of rotatable bonds is 3. The van der Waals surface area contributed by atoms with Crippen LogP contribution in [-0.4, -0.2) is 11.5 Å². The number of nitrogens with two attached hydrogens (primary N) is 1. The van der Waals surface area contributed by atoms with Crippen LogP contribution < -0.4 is 5.73 Å². The minimum atomic E-state index is 0.653. The first-order chi connectivity index (χ1) is 10.2. The third kappa shape index (κ3) is 2.67. The van der Waals surface area contributed by atoms with Crippen molar-refractivity contribution in [3.05, 3.63) is 65.2 Å². The van der Waals surface area contributed by atoms with Crippen molar-refractivity contribution in [2.75, 3.05) is 6.54 Å². The summed E-state index contributed by atoms with van der Waals surface area (Å²) in [5.74, 6) is 0. The molecule has 0 bridgehead atoms. The van der Waals surface area contributed by atoms with E-state index in [0.717, 1.165) is 17.6 Å². The van der Waals surface area contributed by atoms with Crippen LogP contribution in [0.1, 0.15) is 16.7 Å². The zero-order valence-electron chi connectivity index (χ0n) is 12.6. The summed E-state index contributed by atoms with van der Waals surface area (Å²) in [6, 6.07) is 17.0. The molecule has 0 aliphatic rings. The molecule has 2 heteroatoms. The molecule has 0 aliphatic carbocycles. The first-order valence-corrected chi connectivity index (χ1v) is 7.35. The van der Waals surface area contributed by atoms with Crippen LogP contribution in [0.2, 0.25) is 0 Å². The maximum atomic E-state index is 5.76. The fourth-order valence-electron chi connectivity index (χ4n) is 2.66. The van der Waals surface area contributed by atoms with Crippen molar-refractivity contribution < 1.29 is 0 Å². The number of fused-ring (bicyclic) bond motifs is 1. The Balaban J connectivity index is 2.20. The van der Waals surface area contributed by atoms with E-state index in [1.54, 1.807) is 0 Å². The highest BCUT2D eigenvalue weighted by atomic mass is 14.7. The molecule has 0 amide bonds. The van der Waals surface area contributed by atoms with E-state index in [0.29, 0.717) is 6.54 Å². The zero-order chi connectivity index (χ0) is 14.8. The highest BCUT2D eigenvalue weighted by molar-refractivity contribution is 5.85. The summed E-state index contributed by atoms with van der Waals surface area (Å²) in [4.78, 5) is 4.82. The van der Waals surface area contributed by atoms with Crippen LogP contribution in [-0.2, 0) is 6.42 Å². The van der Waals surface area contributed by atoms with Gasteiger partial charge in [0.15, 0.2) is 0 Å². The Bertz CT molecular complexity index is 791. The lowest BCUT2D eigenvalue weighted by Crippen LogP contribution is -2.04. The quantitative estimate of drug-likeness (QED) is 0.784. The van der Waals surface area contributed by atoms with Crippen LogP contribution in [0.25, 0.3) is 22.2 Å². The first-order valence-electron chi connectivity index (χ1n) is 7.35. The van der Waals surface area contributed by atoms with E-state index < -0.39 is 0 Å². The van der Waals surface area contributed by atoms with E-state index in [9.17, 15) is 0 Å². The molecule has 0 aliphatic heterocycles. The molecule has 3 aromatic rings. The lowest BCUT2D eigenvalue weighted by molar-refractivity contribution is 0.975. The number of benzene rings is 2. The fourth-order valence-corrected chi connectivity index (χ4v) is 2.66. The van der Waals surface area contributed by atoms with Crippen molar-refractivity contribution in [3.8, 4) is 11.3 Å². The summed E-state index contributed by atoms with van der Waals surface area (Å²) in [6.07, 6.45) is 0.876. The third-order valence-electron chi connectivity index (χ3n) is 4.02. The Morgan fingerprint density at radius 1 is 0.952 bits per heavy atom. The van der Waals surface area contributed by atoms with E-state index in [2.05, 4.69) is 56.3 Å². The molecule has 3 rings (SSSR count). The van der Waals surface area contributed by atoms with Gasteiger partial charge < -0.3 is 5.73 Å². The summed E-state index contributed by atoms with van der Waals surface area (Å²) < 4.78 is 0. The van der Waals surface area contributed by atoms with E-state index >= 15 is 0 Å². The number of pyridine rings is 1. The van der Waals surface area contributed by atoms with Gasteiger partial charge in [0, 0.05) is 10.9 Å². The third-order valence-corrected chi connectivity index (χ3v) is 4.02. The van der Waals surface area contributed by atoms with Crippen LogP contribution in [0.4, 0.5) is 0 Å². The molecule has 2 N–H and O–H groups in total.